The van der Waals surface area contributed by atoms with Crippen molar-refractivity contribution in [3.05, 3.63) is 21.8 Å². The molecule has 0 aliphatic carbocycles. The van der Waals surface area contributed by atoms with Gasteiger partial charge in [-0.25, -0.2) is 4.98 Å². The number of rotatable bonds is 2. The van der Waals surface area contributed by atoms with Crippen LogP contribution in [-0.2, 0) is 6.54 Å². The first-order valence-electron chi connectivity index (χ1n) is 3.92. The van der Waals surface area contributed by atoms with Crippen LogP contribution in [0.4, 0.5) is 13.2 Å². The molecular formula is C8H5BrF3N3O. The average molecular weight is 296 g/mol. The van der Waals surface area contributed by atoms with Gasteiger partial charge in [0.15, 0.2) is 0 Å². The Hall–Kier alpha value is -1.33. The van der Waals surface area contributed by atoms with E-state index in [0.717, 1.165) is 6.20 Å². The molecule has 0 saturated heterocycles. The zero-order chi connectivity index (χ0) is 12.3. The van der Waals surface area contributed by atoms with E-state index >= 15 is 0 Å². The fraction of sp³-hybridized carbons (Fsp3) is 0.250. The van der Waals surface area contributed by atoms with Crippen LogP contribution in [0.5, 0.6) is 5.88 Å². The van der Waals surface area contributed by atoms with Crippen LogP contribution in [0.15, 0.2) is 10.7 Å². The fourth-order valence-corrected chi connectivity index (χ4v) is 1.45. The lowest BCUT2D eigenvalue weighted by molar-refractivity contribution is -0.276. The number of nitrogens with zero attached hydrogens (tertiary/aromatic N) is 2. The third-order valence-corrected chi connectivity index (χ3v) is 2.22. The number of hydrogen-bond donors (Lipinski definition) is 1. The standard InChI is InChI=1S/C8H5BrF3N3O/c9-6-3-15-7(16-8(10,11)12)5(2-14)4(6)1-13/h3H,2,14H2. The summed E-state index contributed by atoms with van der Waals surface area (Å²) in [6, 6.07) is 1.73. The molecule has 0 aromatic carbocycles. The topological polar surface area (TPSA) is 71.9 Å². The third-order valence-electron chi connectivity index (χ3n) is 1.62. The molecule has 8 heteroatoms. The van der Waals surface area contributed by atoms with Crippen LogP contribution in [0.1, 0.15) is 11.1 Å². The van der Waals surface area contributed by atoms with Crippen LogP contribution in [0.2, 0.25) is 0 Å². The number of hydrogen-bond acceptors (Lipinski definition) is 4. The summed E-state index contributed by atoms with van der Waals surface area (Å²) < 4.78 is 39.9. The Labute approximate surface area is 97.0 Å². The SMILES string of the molecule is N#Cc1c(Br)cnc(OC(F)(F)F)c1CN. The number of alkyl halides is 3. The van der Waals surface area contributed by atoms with Gasteiger partial charge in [-0.1, -0.05) is 0 Å². The predicted octanol–water partition coefficient (Wildman–Crippen LogP) is 2.07. The molecule has 1 heterocycles. The summed E-state index contributed by atoms with van der Waals surface area (Å²) in [6.45, 7) is -0.277. The van der Waals surface area contributed by atoms with Gasteiger partial charge in [0.1, 0.15) is 6.07 Å². The highest BCUT2D eigenvalue weighted by atomic mass is 79.9. The number of nitriles is 1. The van der Waals surface area contributed by atoms with Crippen molar-refractivity contribution in [2.75, 3.05) is 0 Å². The van der Waals surface area contributed by atoms with E-state index in [0.29, 0.717) is 0 Å². The van der Waals surface area contributed by atoms with Gasteiger partial charge in [-0.3, -0.25) is 0 Å². The maximum Gasteiger partial charge on any atom is 0.574 e. The minimum Gasteiger partial charge on any atom is -0.387 e. The Bertz CT molecular complexity index is 441. The van der Waals surface area contributed by atoms with Gasteiger partial charge in [0.25, 0.3) is 0 Å². The van der Waals surface area contributed by atoms with Crippen LogP contribution in [-0.4, -0.2) is 11.3 Å². The second-order valence-electron chi connectivity index (χ2n) is 2.63. The first-order valence-corrected chi connectivity index (χ1v) is 4.71. The molecule has 2 N–H and O–H groups in total. The summed E-state index contributed by atoms with van der Waals surface area (Å²) in [4.78, 5) is 3.42. The molecule has 0 atom stereocenters. The maximum atomic E-state index is 12.0. The van der Waals surface area contributed by atoms with Crippen molar-refractivity contribution in [1.29, 1.82) is 5.26 Å². The average Bonchev–Trinajstić information content (AvgIpc) is 2.18. The monoisotopic (exact) mass is 295 g/mol. The molecule has 0 aliphatic heterocycles. The Morgan fingerprint density at radius 1 is 1.56 bits per heavy atom. The van der Waals surface area contributed by atoms with Gasteiger partial charge in [0.2, 0.25) is 5.88 Å². The highest BCUT2D eigenvalue weighted by Gasteiger charge is 2.33. The molecule has 0 bridgehead atoms. The van der Waals surface area contributed by atoms with Crippen LogP contribution in [0.3, 0.4) is 0 Å². The van der Waals surface area contributed by atoms with Gasteiger partial charge in [-0.15, -0.1) is 13.2 Å². The molecule has 0 unspecified atom stereocenters. The lowest BCUT2D eigenvalue weighted by Crippen LogP contribution is -2.20. The summed E-state index contributed by atoms with van der Waals surface area (Å²) in [5.41, 5.74) is 5.15. The van der Waals surface area contributed by atoms with E-state index in [1.807, 2.05) is 0 Å². The second-order valence-corrected chi connectivity index (χ2v) is 3.48. The van der Waals surface area contributed by atoms with Crippen LogP contribution < -0.4 is 10.5 Å². The third kappa shape index (κ3) is 2.84. The van der Waals surface area contributed by atoms with Gasteiger partial charge in [-0.05, 0) is 15.9 Å². The molecule has 1 aromatic heterocycles. The first-order chi connectivity index (χ1) is 7.39. The zero-order valence-corrected chi connectivity index (χ0v) is 9.26. The lowest BCUT2D eigenvalue weighted by atomic mass is 10.1. The van der Waals surface area contributed by atoms with Crippen LogP contribution in [0, 0.1) is 11.3 Å². The van der Waals surface area contributed by atoms with E-state index in [2.05, 4.69) is 25.7 Å². The van der Waals surface area contributed by atoms with E-state index in [9.17, 15) is 13.2 Å². The van der Waals surface area contributed by atoms with Crippen LogP contribution >= 0.6 is 15.9 Å². The van der Waals surface area contributed by atoms with Crippen molar-refractivity contribution in [2.24, 2.45) is 5.73 Å². The molecule has 0 radical (unpaired) electrons. The normalized spacial score (nSPS) is 11.0. The van der Waals surface area contributed by atoms with E-state index in [-0.39, 0.29) is 22.1 Å². The second kappa shape index (κ2) is 4.67. The summed E-state index contributed by atoms with van der Waals surface area (Å²) in [6.07, 6.45) is -3.81. The predicted molar refractivity (Wildman–Crippen MR) is 51.2 cm³/mol. The van der Waals surface area contributed by atoms with E-state index in [1.54, 1.807) is 6.07 Å². The minimum absolute atomic E-state index is 0.0169. The minimum atomic E-state index is -4.86. The Morgan fingerprint density at radius 2 is 2.19 bits per heavy atom. The molecule has 1 rings (SSSR count). The molecule has 0 spiro atoms. The van der Waals surface area contributed by atoms with Gasteiger partial charge in [0, 0.05) is 18.3 Å². The highest BCUT2D eigenvalue weighted by molar-refractivity contribution is 9.10. The molecule has 0 saturated carbocycles. The Kier molecular flexibility index (Phi) is 3.72. The van der Waals surface area contributed by atoms with Gasteiger partial charge < -0.3 is 10.5 Å². The lowest BCUT2D eigenvalue weighted by Gasteiger charge is -2.12. The summed E-state index contributed by atoms with van der Waals surface area (Å²) in [7, 11) is 0. The van der Waals surface area contributed by atoms with E-state index < -0.39 is 12.2 Å². The number of nitrogens with two attached hydrogens (primary N) is 1. The van der Waals surface area contributed by atoms with Crippen molar-refractivity contribution >= 4 is 15.9 Å². The van der Waals surface area contributed by atoms with Crippen molar-refractivity contribution < 1.29 is 17.9 Å². The molecule has 4 nitrogen and oxygen atoms in total. The quantitative estimate of drug-likeness (QED) is 0.907. The van der Waals surface area contributed by atoms with Crippen molar-refractivity contribution in [3.8, 4) is 11.9 Å². The van der Waals surface area contributed by atoms with Gasteiger partial charge >= 0.3 is 6.36 Å². The maximum absolute atomic E-state index is 12.0. The van der Waals surface area contributed by atoms with Gasteiger partial charge in [-0.2, -0.15) is 5.26 Å². The molecule has 0 aliphatic rings. The summed E-state index contributed by atoms with van der Waals surface area (Å²) in [5.74, 6) is -0.699. The van der Waals surface area contributed by atoms with E-state index in [4.69, 9.17) is 11.0 Å². The number of aromatic nitrogens is 1. The molecular weight excluding hydrogens is 291 g/mol. The molecule has 16 heavy (non-hydrogen) atoms. The fourth-order valence-electron chi connectivity index (χ4n) is 1.02. The molecule has 0 fully saturated rings. The van der Waals surface area contributed by atoms with Crippen molar-refractivity contribution in [1.82, 2.24) is 4.98 Å². The van der Waals surface area contributed by atoms with Crippen molar-refractivity contribution in [3.63, 3.8) is 0 Å². The Morgan fingerprint density at radius 3 is 2.62 bits per heavy atom. The largest absolute Gasteiger partial charge is 0.574 e. The summed E-state index contributed by atoms with van der Waals surface area (Å²) >= 11 is 2.98. The summed E-state index contributed by atoms with van der Waals surface area (Å²) in [5, 5.41) is 8.75. The van der Waals surface area contributed by atoms with Crippen molar-refractivity contribution in [2.45, 2.75) is 12.9 Å². The molecule has 1 aromatic rings. The molecule has 0 amide bonds. The van der Waals surface area contributed by atoms with E-state index in [1.165, 1.54) is 0 Å². The number of pyridine rings is 1. The Balaban J connectivity index is 3.26. The zero-order valence-electron chi connectivity index (χ0n) is 7.68. The number of ether oxygens (including phenoxy) is 1. The highest BCUT2D eigenvalue weighted by Crippen LogP contribution is 2.29. The van der Waals surface area contributed by atoms with Gasteiger partial charge in [0.05, 0.1) is 10.0 Å². The first kappa shape index (κ1) is 12.7. The van der Waals surface area contributed by atoms with Crippen LogP contribution in [0.25, 0.3) is 0 Å². The molecule has 86 valence electrons. The number of halogens is 4. The smallest absolute Gasteiger partial charge is 0.387 e.